The summed E-state index contributed by atoms with van der Waals surface area (Å²) in [5.41, 5.74) is 1.44. The van der Waals surface area contributed by atoms with E-state index in [9.17, 15) is 9.59 Å². The van der Waals surface area contributed by atoms with Crippen LogP contribution in [0.4, 0.5) is 0 Å². The molecule has 1 amide bonds. The van der Waals surface area contributed by atoms with Crippen molar-refractivity contribution in [2.75, 3.05) is 47.0 Å². The van der Waals surface area contributed by atoms with Crippen molar-refractivity contribution >= 4 is 11.9 Å². The van der Waals surface area contributed by atoms with E-state index < -0.39 is 5.97 Å². The summed E-state index contributed by atoms with van der Waals surface area (Å²) < 4.78 is 15.7. The minimum atomic E-state index is -0.643. The molecule has 0 radical (unpaired) electrons. The molecule has 7 nitrogen and oxygen atoms in total. The molecule has 0 saturated carbocycles. The van der Waals surface area contributed by atoms with Crippen molar-refractivity contribution in [3.63, 3.8) is 0 Å². The predicted octanol–water partition coefficient (Wildman–Crippen LogP) is 2.21. The molecule has 3 rings (SSSR count). The van der Waals surface area contributed by atoms with Crippen LogP contribution in [-0.4, -0.2) is 68.7 Å². The second-order valence-corrected chi connectivity index (χ2v) is 6.76. The Morgan fingerprint density at radius 2 is 1.48 bits per heavy atom. The molecule has 2 aromatic rings. The van der Waals surface area contributed by atoms with E-state index in [0.29, 0.717) is 24.6 Å². The molecule has 1 heterocycles. The first-order valence-corrected chi connectivity index (χ1v) is 9.54. The van der Waals surface area contributed by atoms with Crippen LogP contribution in [0.2, 0.25) is 0 Å². The lowest BCUT2D eigenvalue weighted by molar-refractivity contribution is -0.136. The third-order valence-electron chi connectivity index (χ3n) is 4.93. The van der Waals surface area contributed by atoms with Crippen molar-refractivity contribution in [3.05, 3.63) is 59.7 Å². The van der Waals surface area contributed by atoms with Crippen molar-refractivity contribution in [1.29, 1.82) is 0 Å². The van der Waals surface area contributed by atoms with Gasteiger partial charge in [0.15, 0.2) is 6.61 Å². The van der Waals surface area contributed by atoms with Gasteiger partial charge >= 0.3 is 5.97 Å². The highest BCUT2D eigenvalue weighted by atomic mass is 16.5. The zero-order valence-electron chi connectivity index (χ0n) is 16.8. The third-order valence-corrected chi connectivity index (χ3v) is 4.93. The maximum absolute atomic E-state index is 12.5. The lowest BCUT2D eigenvalue weighted by atomic mass is 10.2. The molecular formula is C22H26N2O5. The van der Waals surface area contributed by atoms with Gasteiger partial charge in [0.05, 0.1) is 14.2 Å². The van der Waals surface area contributed by atoms with Crippen molar-refractivity contribution in [2.24, 2.45) is 0 Å². The Morgan fingerprint density at radius 3 is 2.07 bits per heavy atom. The SMILES string of the molecule is COc1cccc(OC)c1C(=O)OCC(=O)N1CCN(Cc2ccccc2)CC1. The van der Waals surface area contributed by atoms with E-state index in [1.54, 1.807) is 23.1 Å². The van der Waals surface area contributed by atoms with Crippen LogP contribution in [0.25, 0.3) is 0 Å². The molecule has 0 aromatic heterocycles. The summed E-state index contributed by atoms with van der Waals surface area (Å²) in [6.45, 7) is 3.36. The Kier molecular flexibility index (Phi) is 7.08. The molecule has 0 N–H and O–H groups in total. The Hall–Kier alpha value is -3.06. The number of carbonyl (C=O) groups excluding carboxylic acids is 2. The lowest BCUT2D eigenvalue weighted by Gasteiger charge is -2.34. The van der Waals surface area contributed by atoms with Gasteiger partial charge in [0.2, 0.25) is 0 Å². The van der Waals surface area contributed by atoms with Gasteiger partial charge < -0.3 is 19.1 Å². The van der Waals surface area contributed by atoms with Crippen LogP contribution in [0.1, 0.15) is 15.9 Å². The van der Waals surface area contributed by atoms with Crippen LogP contribution in [0, 0.1) is 0 Å². The number of piperazine rings is 1. The Balaban J connectivity index is 1.50. The van der Waals surface area contributed by atoms with E-state index in [1.807, 2.05) is 18.2 Å². The predicted molar refractivity (Wildman–Crippen MR) is 108 cm³/mol. The molecule has 1 aliphatic heterocycles. The zero-order chi connectivity index (χ0) is 20.6. The van der Waals surface area contributed by atoms with Gasteiger partial charge in [-0.1, -0.05) is 36.4 Å². The van der Waals surface area contributed by atoms with E-state index in [0.717, 1.165) is 19.6 Å². The van der Waals surface area contributed by atoms with Gasteiger partial charge in [-0.05, 0) is 17.7 Å². The van der Waals surface area contributed by atoms with E-state index in [2.05, 4.69) is 17.0 Å². The average Bonchev–Trinajstić information content (AvgIpc) is 2.77. The summed E-state index contributed by atoms with van der Waals surface area (Å²) in [6, 6.07) is 15.3. The van der Waals surface area contributed by atoms with Crippen LogP contribution < -0.4 is 9.47 Å². The molecule has 0 aliphatic carbocycles. The highest BCUT2D eigenvalue weighted by Crippen LogP contribution is 2.28. The second-order valence-electron chi connectivity index (χ2n) is 6.76. The summed E-state index contributed by atoms with van der Waals surface area (Å²) in [6.07, 6.45) is 0. The monoisotopic (exact) mass is 398 g/mol. The Morgan fingerprint density at radius 1 is 0.862 bits per heavy atom. The topological polar surface area (TPSA) is 68.3 Å². The summed E-state index contributed by atoms with van der Waals surface area (Å²) in [7, 11) is 2.93. The largest absolute Gasteiger partial charge is 0.496 e. The number of hydrogen-bond acceptors (Lipinski definition) is 6. The standard InChI is InChI=1S/C22H26N2O5/c1-27-18-9-6-10-19(28-2)21(18)22(26)29-16-20(25)24-13-11-23(12-14-24)15-17-7-4-3-5-8-17/h3-10H,11-16H2,1-2H3. The summed E-state index contributed by atoms with van der Waals surface area (Å²) in [5.74, 6) is -0.158. The number of amides is 1. The van der Waals surface area contributed by atoms with E-state index >= 15 is 0 Å². The zero-order valence-corrected chi connectivity index (χ0v) is 16.8. The van der Waals surface area contributed by atoms with Crippen LogP contribution >= 0.6 is 0 Å². The summed E-state index contributed by atoms with van der Waals surface area (Å²) >= 11 is 0. The lowest BCUT2D eigenvalue weighted by Crippen LogP contribution is -2.49. The molecule has 0 bridgehead atoms. The van der Waals surface area contributed by atoms with Crippen molar-refractivity contribution < 1.29 is 23.8 Å². The minimum Gasteiger partial charge on any atom is -0.496 e. The third kappa shape index (κ3) is 5.26. The molecule has 2 aromatic carbocycles. The fourth-order valence-electron chi connectivity index (χ4n) is 3.34. The first kappa shape index (κ1) is 20.7. The van der Waals surface area contributed by atoms with Gasteiger partial charge in [0.25, 0.3) is 5.91 Å². The maximum atomic E-state index is 12.5. The normalized spacial score (nSPS) is 14.3. The second kappa shape index (κ2) is 9.93. The first-order chi connectivity index (χ1) is 14.1. The van der Waals surface area contributed by atoms with Crippen LogP contribution in [-0.2, 0) is 16.1 Å². The van der Waals surface area contributed by atoms with Gasteiger partial charge in [-0.3, -0.25) is 9.69 Å². The molecule has 0 unspecified atom stereocenters. The van der Waals surface area contributed by atoms with Crippen molar-refractivity contribution in [2.45, 2.75) is 6.54 Å². The van der Waals surface area contributed by atoms with E-state index in [1.165, 1.54) is 19.8 Å². The Labute approximate surface area is 170 Å². The van der Waals surface area contributed by atoms with Crippen LogP contribution in [0.15, 0.2) is 48.5 Å². The number of rotatable bonds is 7. The number of benzene rings is 2. The minimum absolute atomic E-state index is 0.179. The van der Waals surface area contributed by atoms with Crippen LogP contribution in [0.3, 0.4) is 0 Å². The fraction of sp³-hybridized carbons (Fsp3) is 0.364. The number of carbonyl (C=O) groups is 2. The first-order valence-electron chi connectivity index (χ1n) is 9.54. The number of ether oxygens (including phenoxy) is 3. The molecule has 1 saturated heterocycles. The number of methoxy groups -OCH3 is 2. The number of nitrogens with zero attached hydrogens (tertiary/aromatic N) is 2. The average molecular weight is 398 g/mol. The van der Waals surface area contributed by atoms with Crippen LogP contribution in [0.5, 0.6) is 11.5 Å². The molecule has 0 spiro atoms. The molecule has 29 heavy (non-hydrogen) atoms. The number of hydrogen-bond donors (Lipinski definition) is 0. The van der Waals surface area contributed by atoms with Crippen molar-refractivity contribution in [1.82, 2.24) is 9.80 Å². The molecule has 7 heteroatoms. The number of esters is 1. The van der Waals surface area contributed by atoms with Gasteiger partial charge in [-0.25, -0.2) is 4.79 Å². The van der Waals surface area contributed by atoms with E-state index in [-0.39, 0.29) is 18.1 Å². The highest BCUT2D eigenvalue weighted by molar-refractivity contribution is 5.96. The summed E-state index contributed by atoms with van der Waals surface area (Å²) in [4.78, 5) is 29.0. The van der Waals surface area contributed by atoms with Gasteiger partial charge in [-0.15, -0.1) is 0 Å². The fourth-order valence-corrected chi connectivity index (χ4v) is 3.34. The maximum Gasteiger partial charge on any atom is 0.346 e. The quantitative estimate of drug-likeness (QED) is 0.666. The van der Waals surface area contributed by atoms with Gasteiger partial charge in [-0.2, -0.15) is 0 Å². The van der Waals surface area contributed by atoms with Gasteiger partial charge in [0.1, 0.15) is 17.1 Å². The highest BCUT2D eigenvalue weighted by Gasteiger charge is 2.24. The van der Waals surface area contributed by atoms with E-state index in [4.69, 9.17) is 14.2 Å². The van der Waals surface area contributed by atoms with Crippen molar-refractivity contribution in [3.8, 4) is 11.5 Å². The van der Waals surface area contributed by atoms with Gasteiger partial charge in [0, 0.05) is 32.7 Å². The molecule has 1 aliphatic rings. The summed E-state index contributed by atoms with van der Waals surface area (Å²) in [5, 5.41) is 0. The molecule has 1 fully saturated rings. The smallest absolute Gasteiger partial charge is 0.346 e. The molecular weight excluding hydrogens is 372 g/mol. The Bertz CT molecular complexity index is 810. The molecule has 154 valence electrons. The molecule has 0 atom stereocenters.